The van der Waals surface area contributed by atoms with E-state index in [1.165, 1.54) is 16.8 Å². The predicted octanol–water partition coefficient (Wildman–Crippen LogP) is -2.56. The minimum atomic E-state index is -0.505. The van der Waals surface area contributed by atoms with Crippen LogP contribution in [0, 0.1) is 0 Å². The Labute approximate surface area is 108 Å². The summed E-state index contributed by atoms with van der Waals surface area (Å²) in [6.45, 7) is 1.11. The number of nitrogens with two attached hydrogens (primary N) is 1. The second-order valence-electron chi connectivity index (χ2n) is 4.77. The lowest BCUT2D eigenvalue weighted by Gasteiger charge is -2.22. The second-order valence-corrected chi connectivity index (χ2v) is 4.77. The van der Waals surface area contributed by atoms with Crippen LogP contribution in [0.2, 0.25) is 0 Å². The molecule has 0 spiro atoms. The zero-order valence-electron chi connectivity index (χ0n) is 10.2. The highest BCUT2D eigenvalue weighted by molar-refractivity contribution is 5.14. The zero-order valence-corrected chi connectivity index (χ0v) is 10.2. The Morgan fingerprint density at radius 1 is 1.42 bits per heavy atom. The summed E-state index contributed by atoms with van der Waals surface area (Å²) in [5, 5.41) is 9.30. The van der Waals surface area contributed by atoms with Gasteiger partial charge in [0.15, 0.2) is 6.23 Å². The number of ether oxygens (including phenoxy) is 1. The normalized spacial score (nSPS) is 36.2. The maximum atomic E-state index is 11.8. The Bertz CT molecular complexity index is 583. The first kappa shape index (κ1) is 12.5. The van der Waals surface area contributed by atoms with Crippen molar-refractivity contribution < 1.29 is 9.84 Å². The van der Waals surface area contributed by atoms with E-state index in [-0.39, 0.29) is 24.8 Å². The third kappa shape index (κ3) is 1.93. The van der Waals surface area contributed by atoms with Gasteiger partial charge in [-0.1, -0.05) is 0 Å². The average molecular weight is 268 g/mol. The van der Waals surface area contributed by atoms with Gasteiger partial charge in [-0.25, -0.2) is 4.79 Å². The van der Waals surface area contributed by atoms with Crippen LogP contribution in [0.3, 0.4) is 0 Å². The lowest BCUT2D eigenvalue weighted by molar-refractivity contribution is -0.0638. The molecule has 3 heterocycles. The van der Waals surface area contributed by atoms with Crippen molar-refractivity contribution in [1.82, 2.24) is 14.5 Å². The molecule has 104 valence electrons. The highest BCUT2D eigenvalue weighted by Gasteiger charge is 2.62. The minimum absolute atomic E-state index is 0.0318. The van der Waals surface area contributed by atoms with Crippen LogP contribution in [-0.4, -0.2) is 57.4 Å². The molecule has 19 heavy (non-hydrogen) atoms. The zero-order chi connectivity index (χ0) is 13.6. The molecule has 3 rings (SSSR count). The molecule has 2 saturated heterocycles. The van der Waals surface area contributed by atoms with Crippen molar-refractivity contribution in [2.24, 2.45) is 5.73 Å². The first-order valence-corrected chi connectivity index (χ1v) is 6.21. The van der Waals surface area contributed by atoms with E-state index in [1.54, 1.807) is 0 Å². The minimum Gasteiger partial charge on any atom is -0.394 e. The molecule has 1 aromatic rings. The summed E-state index contributed by atoms with van der Waals surface area (Å²) in [6, 6.07) is 1.41. The molecule has 2 aliphatic rings. The largest absolute Gasteiger partial charge is 0.394 e. The Morgan fingerprint density at radius 2 is 2.21 bits per heavy atom. The molecule has 0 radical (unpaired) electrons. The van der Waals surface area contributed by atoms with E-state index in [1.807, 2.05) is 0 Å². The molecule has 5 atom stereocenters. The number of hydrogen-bond acceptors (Lipinski definition) is 6. The van der Waals surface area contributed by atoms with Crippen LogP contribution in [0.5, 0.6) is 0 Å². The highest BCUT2D eigenvalue weighted by Crippen LogP contribution is 2.46. The molecule has 0 aliphatic carbocycles. The first-order chi connectivity index (χ1) is 9.17. The van der Waals surface area contributed by atoms with Crippen LogP contribution in [0.25, 0.3) is 0 Å². The molecule has 4 N–H and O–H groups in total. The van der Waals surface area contributed by atoms with Crippen LogP contribution in [-0.2, 0) is 4.74 Å². The fraction of sp³-hybridized carbons (Fsp3) is 0.636. The number of aromatic amines is 1. The van der Waals surface area contributed by atoms with Gasteiger partial charge in [0.2, 0.25) is 0 Å². The fourth-order valence-electron chi connectivity index (χ4n) is 2.88. The van der Waals surface area contributed by atoms with E-state index in [0.717, 1.165) is 0 Å². The number of nitrogens with one attached hydrogen (secondary N) is 1. The Kier molecular flexibility index (Phi) is 3.02. The van der Waals surface area contributed by atoms with Crippen LogP contribution in [0.4, 0.5) is 0 Å². The van der Waals surface area contributed by atoms with Gasteiger partial charge in [0, 0.05) is 25.4 Å². The molecule has 0 bridgehead atoms. The average Bonchev–Trinajstić information content (AvgIpc) is 2.94. The van der Waals surface area contributed by atoms with Crippen molar-refractivity contribution in [2.45, 2.75) is 24.4 Å². The number of fused-ring (bicyclic) bond motifs is 1. The van der Waals surface area contributed by atoms with Gasteiger partial charge < -0.3 is 15.6 Å². The molecule has 1 aromatic heterocycles. The maximum absolute atomic E-state index is 11.8. The Balaban J connectivity index is 1.89. The SMILES string of the molecule is NCCN1[C@@H]2[C@H]1[C@@H](CO)O[C@H]2n1ccc(=O)[nH]c1=O. The molecule has 0 aromatic carbocycles. The third-order valence-electron chi connectivity index (χ3n) is 3.71. The molecule has 8 heteroatoms. The van der Waals surface area contributed by atoms with Crippen molar-refractivity contribution >= 4 is 0 Å². The molecule has 2 aliphatic heterocycles. The second kappa shape index (κ2) is 4.57. The number of rotatable bonds is 4. The van der Waals surface area contributed by atoms with E-state index in [4.69, 9.17) is 10.5 Å². The van der Waals surface area contributed by atoms with Gasteiger partial charge in [0.1, 0.15) is 6.10 Å². The molecular formula is C11H16N4O4. The fourth-order valence-corrected chi connectivity index (χ4v) is 2.88. The van der Waals surface area contributed by atoms with Gasteiger partial charge in [-0.2, -0.15) is 0 Å². The summed E-state index contributed by atoms with van der Waals surface area (Å²) >= 11 is 0. The predicted molar refractivity (Wildman–Crippen MR) is 65.7 cm³/mol. The summed E-state index contributed by atoms with van der Waals surface area (Å²) < 4.78 is 7.02. The number of H-pyrrole nitrogens is 1. The number of aliphatic hydroxyl groups excluding tert-OH is 1. The Hall–Kier alpha value is -1.48. The summed E-state index contributed by atoms with van der Waals surface area (Å²) in [5.74, 6) is 0. The molecule has 0 amide bonds. The standard InChI is InChI=1S/C11H16N4O4/c12-2-4-14-8-6(5-16)19-10(9(8)14)15-3-1-7(17)13-11(15)18/h1,3,6,8-10,16H,2,4-5,12H2,(H,13,17,18)/t6-,8-,9-,10-,14?/m1/s1. The van der Waals surface area contributed by atoms with Crippen molar-refractivity contribution in [2.75, 3.05) is 19.7 Å². The molecule has 1 unspecified atom stereocenters. The van der Waals surface area contributed by atoms with Gasteiger partial charge in [0.25, 0.3) is 5.56 Å². The van der Waals surface area contributed by atoms with Gasteiger partial charge in [-0.15, -0.1) is 0 Å². The van der Waals surface area contributed by atoms with Gasteiger partial charge in [-0.05, 0) is 0 Å². The van der Waals surface area contributed by atoms with Crippen LogP contribution >= 0.6 is 0 Å². The number of morpholine rings is 1. The maximum Gasteiger partial charge on any atom is 0.330 e. The third-order valence-corrected chi connectivity index (χ3v) is 3.71. The molecule has 2 fully saturated rings. The molecule has 8 nitrogen and oxygen atoms in total. The summed E-state index contributed by atoms with van der Waals surface area (Å²) in [5.41, 5.74) is 4.59. The lowest BCUT2D eigenvalue weighted by Crippen LogP contribution is -2.37. The molecule has 0 saturated carbocycles. The summed E-state index contributed by atoms with van der Waals surface area (Å²) in [4.78, 5) is 27.1. The first-order valence-electron chi connectivity index (χ1n) is 6.21. The Morgan fingerprint density at radius 3 is 2.84 bits per heavy atom. The van der Waals surface area contributed by atoms with Crippen molar-refractivity contribution in [3.8, 4) is 0 Å². The molecular weight excluding hydrogens is 252 g/mol. The monoisotopic (exact) mass is 268 g/mol. The quantitative estimate of drug-likeness (QED) is 0.518. The number of aliphatic hydroxyl groups is 1. The van der Waals surface area contributed by atoms with Crippen LogP contribution in [0.15, 0.2) is 21.9 Å². The lowest BCUT2D eigenvalue weighted by atomic mass is 10.2. The van der Waals surface area contributed by atoms with E-state index < -0.39 is 17.5 Å². The van der Waals surface area contributed by atoms with Crippen LogP contribution < -0.4 is 17.0 Å². The van der Waals surface area contributed by atoms with Crippen LogP contribution in [0.1, 0.15) is 6.23 Å². The van der Waals surface area contributed by atoms with E-state index in [9.17, 15) is 14.7 Å². The van der Waals surface area contributed by atoms with Gasteiger partial charge >= 0.3 is 5.69 Å². The van der Waals surface area contributed by atoms with E-state index in [2.05, 4.69) is 9.88 Å². The van der Waals surface area contributed by atoms with Gasteiger partial charge in [0.05, 0.1) is 18.7 Å². The van der Waals surface area contributed by atoms with Crippen molar-refractivity contribution in [3.63, 3.8) is 0 Å². The summed E-state index contributed by atoms with van der Waals surface area (Å²) in [6.07, 6.45) is 0.611. The number of nitrogens with zero attached hydrogens (tertiary/aromatic N) is 2. The summed E-state index contributed by atoms with van der Waals surface area (Å²) in [7, 11) is 0. The van der Waals surface area contributed by atoms with Gasteiger partial charge in [-0.3, -0.25) is 19.2 Å². The van der Waals surface area contributed by atoms with Crippen molar-refractivity contribution in [3.05, 3.63) is 33.1 Å². The van der Waals surface area contributed by atoms with E-state index >= 15 is 0 Å². The smallest absolute Gasteiger partial charge is 0.330 e. The van der Waals surface area contributed by atoms with E-state index in [0.29, 0.717) is 13.1 Å². The number of aromatic nitrogens is 2. The number of hydrogen-bond donors (Lipinski definition) is 3. The highest BCUT2D eigenvalue weighted by atomic mass is 16.5. The topological polar surface area (TPSA) is 113 Å². The van der Waals surface area contributed by atoms with Crippen molar-refractivity contribution in [1.29, 1.82) is 0 Å².